The highest BCUT2D eigenvalue weighted by atomic mass is 16.4. The summed E-state index contributed by atoms with van der Waals surface area (Å²) >= 11 is 0. The zero-order chi connectivity index (χ0) is 16.1. The predicted octanol–water partition coefficient (Wildman–Crippen LogP) is 2.98. The SMILES string of the molecule is CCc1ccc(C(C)=CC(=O)N2CCC(C(=O)O)CC2)cc1. The van der Waals surface area contributed by atoms with Crippen LogP contribution in [0.2, 0.25) is 0 Å². The molecule has 0 aromatic heterocycles. The number of amides is 1. The van der Waals surface area contributed by atoms with Gasteiger partial charge in [0.05, 0.1) is 5.92 Å². The van der Waals surface area contributed by atoms with E-state index in [0.29, 0.717) is 25.9 Å². The molecule has 2 rings (SSSR count). The third-order valence-electron chi connectivity index (χ3n) is 4.31. The van der Waals surface area contributed by atoms with E-state index in [9.17, 15) is 9.59 Å². The quantitative estimate of drug-likeness (QED) is 0.870. The van der Waals surface area contributed by atoms with Crippen LogP contribution in [0.25, 0.3) is 5.57 Å². The number of carbonyl (C=O) groups excluding carboxylic acids is 1. The molecule has 1 saturated heterocycles. The first-order chi connectivity index (χ1) is 10.5. The number of allylic oxidation sites excluding steroid dienone is 1. The molecule has 1 heterocycles. The lowest BCUT2D eigenvalue weighted by molar-refractivity contribution is -0.144. The Labute approximate surface area is 131 Å². The third-order valence-corrected chi connectivity index (χ3v) is 4.31. The van der Waals surface area contributed by atoms with Crippen molar-refractivity contribution in [2.45, 2.75) is 33.1 Å². The molecule has 22 heavy (non-hydrogen) atoms. The summed E-state index contributed by atoms with van der Waals surface area (Å²) in [4.78, 5) is 25.0. The van der Waals surface area contributed by atoms with Crippen LogP contribution in [0.3, 0.4) is 0 Å². The van der Waals surface area contributed by atoms with Crippen molar-refractivity contribution in [2.75, 3.05) is 13.1 Å². The van der Waals surface area contributed by atoms with E-state index in [1.807, 2.05) is 19.1 Å². The van der Waals surface area contributed by atoms with E-state index in [-0.39, 0.29) is 11.8 Å². The summed E-state index contributed by atoms with van der Waals surface area (Å²) < 4.78 is 0. The van der Waals surface area contributed by atoms with E-state index in [4.69, 9.17) is 5.11 Å². The molecule has 118 valence electrons. The molecule has 1 fully saturated rings. The first kappa shape index (κ1) is 16.3. The number of benzene rings is 1. The molecule has 0 unspecified atom stereocenters. The molecule has 1 aliphatic rings. The lowest BCUT2D eigenvalue weighted by Crippen LogP contribution is -2.39. The van der Waals surface area contributed by atoms with Crippen molar-refractivity contribution in [2.24, 2.45) is 5.92 Å². The molecule has 4 nitrogen and oxygen atoms in total. The molecule has 0 radical (unpaired) electrons. The van der Waals surface area contributed by atoms with Crippen LogP contribution in [-0.2, 0) is 16.0 Å². The number of hydrogen-bond acceptors (Lipinski definition) is 2. The number of hydrogen-bond donors (Lipinski definition) is 1. The van der Waals surface area contributed by atoms with Crippen LogP contribution in [0.1, 0.15) is 37.8 Å². The molecular weight excluding hydrogens is 278 g/mol. The third kappa shape index (κ3) is 3.97. The minimum atomic E-state index is -0.755. The number of likely N-dealkylation sites (tertiary alicyclic amines) is 1. The lowest BCUT2D eigenvalue weighted by atomic mass is 9.97. The first-order valence-corrected chi connectivity index (χ1v) is 7.80. The summed E-state index contributed by atoms with van der Waals surface area (Å²) in [6.07, 6.45) is 3.74. The minimum Gasteiger partial charge on any atom is -0.481 e. The van der Waals surface area contributed by atoms with Gasteiger partial charge in [-0.1, -0.05) is 31.2 Å². The molecule has 1 aliphatic heterocycles. The zero-order valence-electron chi connectivity index (χ0n) is 13.2. The topological polar surface area (TPSA) is 57.6 Å². The summed E-state index contributed by atoms with van der Waals surface area (Å²) in [5.74, 6) is -1.09. The van der Waals surface area contributed by atoms with Crippen molar-refractivity contribution >= 4 is 17.4 Å². The smallest absolute Gasteiger partial charge is 0.306 e. The van der Waals surface area contributed by atoms with Crippen LogP contribution in [0, 0.1) is 5.92 Å². The van der Waals surface area contributed by atoms with Crippen molar-refractivity contribution in [3.8, 4) is 0 Å². The number of nitrogens with zero attached hydrogens (tertiary/aromatic N) is 1. The zero-order valence-corrected chi connectivity index (χ0v) is 13.2. The molecule has 1 aromatic carbocycles. The lowest BCUT2D eigenvalue weighted by Gasteiger charge is -2.29. The molecule has 4 heteroatoms. The highest BCUT2D eigenvalue weighted by molar-refractivity contribution is 5.95. The molecule has 1 amide bonds. The largest absolute Gasteiger partial charge is 0.481 e. The Morgan fingerprint density at radius 2 is 1.82 bits per heavy atom. The van der Waals surface area contributed by atoms with Gasteiger partial charge in [0.2, 0.25) is 5.91 Å². The van der Waals surface area contributed by atoms with Gasteiger partial charge in [-0.3, -0.25) is 9.59 Å². The fourth-order valence-electron chi connectivity index (χ4n) is 2.71. The molecular formula is C18H23NO3. The van der Waals surface area contributed by atoms with E-state index in [1.165, 1.54) is 5.56 Å². The Morgan fingerprint density at radius 3 is 2.32 bits per heavy atom. The summed E-state index contributed by atoms with van der Waals surface area (Å²) in [5, 5.41) is 8.98. The van der Waals surface area contributed by atoms with Gasteiger partial charge >= 0.3 is 5.97 Å². The Hall–Kier alpha value is -2.10. The van der Waals surface area contributed by atoms with Crippen LogP contribution in [0.15, 0.2) is 30.3 Å². The molecule has 0 atom stereocenters. The summed E-state index contributed by atoms with van der Waals surface area (Å²) in [5.41, 5.74) is 3.26. The van der Waals surface area contributed by atoms with Gasteiger partial charge < -0.3 is 10.0 Å². The Morgan fingerprint density at radius 1 is 1.23 bits per heavy atom. The molecule has 0 saturated carbocycles. The summed E-state index contributed by atoms with van der Waals surface area (Å²) in [6.45, 7) is 5.09. The van der Waals surface area contributed by atoms with Gasteiger partial charge in [-0.25, -0.2) is 0 Å². The van der Waals surface area contributed by atoms with Crippen molar-refractivity contribution < 1.29 is 14.7 Å². The van der Waals surface area contributed by atoms with Crippen LogP contribution < -0.4 is 0 Å². The Balaban J connectivity index is 1.99. The Kier molecular flexibility index (Phi) is 5.36. The fourth-order valence-corrected chi connectivity index (χ4v) is 2.71. The number of piperidine rings is 1. The van der Waals surface area contributed by atoms with Gasteiger partial charge in [-0.2, -0.15) is 0 Å². The number of aryl methyl sites for hydroxylation is 1. The fraction of sp³-hybridized carbons (Fsp3) is 0.444. The predicted molar refractivity (Wildman–Crippen MR) is 86.4 cm³/mol. The van der Waals surface area contributed by atoms with E-state index >= 15 is 0 Å². The Bertz CT molecular complexity index is 566. The molecule has 0 aliphatic carbocycles. The van der Waals surface area contributed by atoms with Crippen molar-refractivity contribution in [3.63, 3.8) is 0 Å². The maximum absolute atomic E-state index is 12.3. The van der Waals surface area contributed by atoms with E-state index in [2.05, 4.69) is 19.1 Å². The van der Waals surface area contributed by atoms with Gasteiger partial charge in [0.15, 0.2) is 0 Å². The van der Waals surface area contributed by atoms with Crippen LogP contribution >= 0.6 is 0 Å². The number of carboxylic acid groups (broad SMARTS) is 1. The average molecular weight is 301 g/mol. The highest BCUT2D eigenvalue weighted by Gasteiger charge is 2.26. The number of carbonyl (C=O) groups is 2. The number of aliphatic carboxylic acids is 1. The second kappa shape index (κ2) is 7.25. The molecule has 1 N–H and O–H groups in total. The van der Waals surface area contributed by atoms with Crippen LogP contribution in [0.5, 0.6) is 0 Å². The number of carboxylic acids is 1. The maximum atomic E-state index is 12.3. The highest BCUT2D eigenvalue weighted by Crippen LogP contribution is 2.19. The van der Waals surface area contributed by atoms with Crippen LogP contribution in [0.4, 0.5) is 0 Å². The minimum absolute atomic E-state index is 0.0269. The van der Waals surface area contributed by atoms with Gasteiger partial charge in [-0.05, 0) is 42.9 Å². The second-order valence-corrected chi connectivity index (χ2v) is 5.82. The van der Waals surface area contributed by atoms with Crippen molar-refractivity contribution in [1.29, 1.82) is 0 Å². The van der Waals surface area contributed by atoms with Gasteiger partial charge in [0, 0.05) is 19.2 Å². The van der Waals surface area contributed by atoms with Crippen molar-refractivity contribution in [3.05, 3.63) is 41.5 Å². The van der Waals surface area contributed by atoms with E-state index in [0.717, 1.165) is 17.6 Å². The van der Waals surface area contributed by atoms with E-state index < -0.39 is 5.97 Å². The van der Waals surface area contributed by atoms with Gasteiger partial charge in [0.1, 0.15) is 0 Å². The average Bonchev–Trinajstić information content (AvgIpc) is 2.54. The van der Waals surface area contributed by atoms with Crippen molar-refractivity contribution in [1.82, 2.24) is 4.90 Å². The second-order valence-electron chi connectivity index (χ2n) is 5.82. The van der Waals surface area contributed by atoms with Gasteiger partial charge in [-0.15, -0.1) is 0 Å². The first-order valence-electron chi connectivity index (χ1n) is 7.80. The molecule has 0 bridgehead atoms. The van der Waals surface area contributed by atoms with Gasteiger partial charge in [0.25, 0.3) is 0 Å². The number of rotatable bonds is 4. The maximum Gasteiger partial charge on any atom is 0.306 e. The summed E-state index contributed by atoms with van der Waals surface area (Å²) in [7, 11) is 0. The van der Waals surface area contributed by atoms with E-state index in [1.54, 1.807) is 11.0 Å². The standard InChI is InChI=1S/C18H23NO3/c1-3-14-4-6-15(7-5-14)13(2)12-17(20)19-10-8-16(9-11-19)18(21)22/h4-7,12,16H,3,8-11H2,1-2H3,(H,21,22). The van der Waals surface area contributed by atoms with Crippen LogP contribution in [-0.4, -0.2) is 35.0 Å². The normalized spacial score (nSPS) is 16.6. The monoisotopic (exact) mass is 301 g/mol. The molecule has 1 aromatic rings. The summed E-state index contributed by atoms with van der Waals surface area (Å²) in [6, 6.07) is 8.23. The molecule has 0 spiro atoms.